The van der Waals surface area contributed by atoms with Crippen molar-refractivity contribution in [1.82, 2.24) is 5.32 Å². The summed E-state index contributed by atoms with van der Waals surface area (Å²) in [6.07, 6.45) is 5.55. The van der Waals surface area contributed by atoms with E-state index in [1.165, 1.54) is 32.2 Å². The lowest BCUT2D eigenvalue weighted by Crippen LogP contribution is -2.46. The van der Waals surface area contributed by atoms with Gasteiger partial charge in [-0.15, -0.1) is 0 Å². The Morgan fingerprint density at radius 2 is 2.00 bits per heavy atom. The van der Waals surface area contributed by atoms with Crippen molar-refractivity contribution in [3.05, 3.63) is 0 Å². The molecule has 0 bridgehead atoms. The van der Waals surface area contributed by atoms with Crippen LogP contribution < -0.4 is 5.32 Å². The van der Waals surface area contributed by atoms with Crippen molar-refractivity contribution in [1.29, 1.82) is 0 Å². The van der Waals surface area contributed by atoms with Crippen molar-refractivity contribution in [3.8, 4) is 0 Å². The largest absolute Gasteiger partial charge is 0.313 e. The molecule has 1 aliphatic carbocycles. The molecule has 3 unspecified atom stereocenters. The van der Waals surface area contributed by atoms with E-state index in [9.17, 15) is 0 Å². The molecule has 1 rings (SSSR count). The maximum Gasteiger partial charge on any atom is 0.0123 e. The minimum atomic E-state index is 0.781. The van der Waals surface area contributed by atoms with E-state index in [1.807, 2.05) is 0 Å². The molecule has 1 saturated carbocycles. The van der Waals surface area contributed by atoms with Gasteiger partial charge in [0, 0.05) is 6.04 Å². The molecule has 1 fully saturated rings. The first-order valence-corrected chi connectivity index (χ1v) is 6.40. The molecule has 0 aliphatic heterocycles. The topological polar surface area (TPSA) is 12.0 Å². The second kappa shape index (κ2) is 5.75. The van der Waals surface area contributed by atoms with Crippen LogP contribution in [0.4, 0.5) is 0 Å². The average molecular weight is 197 g/mol. The number of hydrogen-bond donors (Lipinski definition) is 1. The molecule has 0 aromatic heterocycles. The molecule has 1 aliphatic rings. The second-order valence-electron chi connectivity index (χ2n) is 5.30. The SMILES string of the molecule is CCCNC1C(C)CCCC1C(C)C. The van der Waals surface area contributed by atoms with Crippen LogP contribution in [0.5, 0.6) is 0 Å². The highest BCUT2D eigenvalue weighted by atomic mass is 14.9. The highest BCUT2D eigenvalue weighted by molar-refractivity contribution is 4.86. The zero-order chi connectivity index (χ0) is 10.6. The maximum absolute atomic E-state index is 3.75. The molecule has 0 saturated heterocycles. The fourth-order valence-corrected chi connectivity index (χ4v) is 2.87. The maximum atomic E-state index is 3.75. The van der Waals surface area contributed by atoms with Gasteiger partial charge in [-0.25, -0.2) is 0 Å². The summed E-state index contributed by atoms with van der Waals surface area (Å²) in [5.74, 6) is 2.63. The van der Waals surface area contributed by atoms with Crippen molar-refractivity contribution < 1.29 is 0 Å². The highest BCUT2D eigenvalue weighted by Crippen LogP contribution is 2.33. The molecular formula is C13H27N. The quantitative estimate of drug-likeness (QED) is 0.728. The lowest BCUT2D eigenvalue weighted by atomic mass is 9.73. The van der Waals surface area contributed by atoms with Gasteiger partial charge in [-0.05, 0) is 43.6 Å². The summed E-state index contributed by atoms with van der Waals surface area (Å²) in [6.45, 7) is 10.6. The zero-order valence-electron chi connectivity index (χ0n) is 10.3. The van der Waals surface area contributed by atoms with E-state index in [1.54, 1.807) is 0 Å². The van der Waals surface area contributed by atoms with E-state index in [2.05, 4.69) is 33.0 Å². The second-order valence-corrected chi connectivity index (χ2v) is 5.30. The monoisotopic (exact) mass is 197 g/mol. The summed E-state index contributed by atoms with van der Waals surface area (Å²) in [7, 11) is 0. The highest BCUT2D eigenvalue weighted by Gasteiger charge is 2.31. The molecule has 1 N–H and O–H groups in total. The van der Waals surface area contributed by atoms with Gasteiger partial charge in [-0.1, -0.05) is 34.1 Å². The zero-order valence-corrected chi connectivity index (χ0v) is 10.3. The molecule has 84 valence electrons. The number of hydrogen-bond acceptors (Lipinski definition) is 1. The minimum Gasteiger partial charge on any atom is -0.313 e. The van der Waals surface area contributed by atoms with Crippen LogP contribution in [0.3, 0.4) is 0 Å². The summed E-state index contributed by atoms with van der Waals surface area (Å²) in [4.78, 5) is 0. The fraction of sp³-hybridized carbons (Fsp3) is 1.00. The number of nitrogens with one attached hydrogen (secondary N) is 1. The van der Waals surface area contributed by atoms with Gasteiger partial charge in [0.15, 0.2) is 0 Å². The van der Waals surface area contributed by atoms with Crippen molar-refractivity contribution in [2.45, 2.75) is 59.4 Å². The van der Waals surface area contributed by atoms with Crippen molar-refractivity contribution in [3.63, 3.8) is 0 Å². The predicted octanol–water partition coefficient (Wildman–Crippen LogP) is 3.45. The molecule has 0 amide bonds. The summed E-state index contributed by atoms with van der Waals surface area (Å²) < 4.78 is 0. The van der Waals surface area contributed by atoms with E-state index in [0.29, 0.717) is 0 Å². The molecule has 3 atom stereocenters. The first-order valence-electron chi connectivity index (χ1n) is 6.40. The van der Waals surface area contributed by atoms with Gasteiger partial charge < -0.3 is 5.32 Å². The Balaban J connectivity index is 2.52. The van der Waals surface area contributed by atoms with Crippen LogP contribution in [0.2, 0.25) is 0 Å². The minimum absolute atomic E-state index is 0.781. The van der Waals surface area contributed by atoms with Gasteiger partial charge in [0.2, 0.25) is 0 Å². The van der Waals surface area contributed by atoms with Crippen molar-refractivity contribution in [2.75, 3.05) is 6.54 Å². The van der Waals surface area contributed by atoms with Crippen LogP contribution in [-0.4, -0.2) is 12.6 Å². The Bertz CT molecular complexity index is 153. The van der Waals surface area contributed by atoms with Gasteiger partial charge in [0.1, 0.15) is 0 Å². The molecule has 14 heavy (non-hydrogen) atoms. The third kappa shape index (κ3) is 2.98. The normalized spacial score (nSPS) is 33.6. The molecule has 1 heteroatoms. The van der Waals surface area contributed by atoms with Crippen LogP contribution in [-0.2, 0) is 0 Å². The fourth-order valence-electron chi connectivity index (χ4n) is 2.87. The Kier molecular flexibility index (Phi) is 4.94. The molecule has 1 nitrogen and oxygen atoms in total. The van der Waals surface area contributed by atoms with Gasteiger partial charge >= 0.3 is 0 Å². The first kappa shape index (κ1) is 12.0. The van der Waals surface area contributed by atoms with Crippen LogP contribution >= 0.6 is 0 Å². The standard InChI is InChI=1S/C13H27N/c1-5-9-14-13-11(4)7-6-8-12(13)10(2)3/h10-14H,5-9H2,1-4H3. The van der Waals surface area contributed by atoms with E-state index < -0.39 is 0 Å². The third-order valence-electron chi connectivity index (χ3n) is 3.76. The van der Waals surface area contributed by atoms with Gasteiger partial charge in [-0.2, -0.15) is 0 Å². The van der Waals surface area contributed by atoms with Gasteiger partial charge in [-0.3, -0.25) is 0 Å². The van der Waals surface area contributed by atoms with E-state index in [4.69, 9.17) is 0 Å². The van der Waals surface area contributed by atoms with E-state index in [-0.39, 0.29) is 0 Å². The average Bonchev–Trinajstić information content (AvgIpc) is 2.15. The molecule has 0 heterocycles. The van der Waals surface area contributed by atoms with Crippen LogP contribution in [0.1, 0.15) is 53.4 Å². The Hall–Kier alpha value is -0.0400. The lowest BCUT2D eigenvalue weighted by molar-refractivity contribution is 0.154. The van der Waals surface area contributed by atoms with Crippen LogP contribution in [0, 0.1) is 17.8 Å². The van der Waals surface area contributed by atoms with Crippen LogP contribution in [0.15, 0.2) is 0 Å². The molecule has 0 spiro atoms. The Morgan fingerprint density at radius 1 is 1.29 bits per heavy atom. The number of rotatable bonds is 4. The van der Waals surface area contributed by atoms with E-state index >= 15 is 0 Å². The van der Waals surface area contributed by atoms with Crippen LogP contribution in [0.25, 0.3) is 0 Å². The molecule has 0 aromatic rings. The summed E-state index contributed by atoms with van der Waals surface area (Å²) in [5, 5.41) is 3.75. The van der Waals surface area contributed by atoms with Crippen molar-refractivity contribution in [2.24, 2.45) is 17.8 Å². The lowest BCUT2D eigenvalue weighted by Gasteiger charge is -2.39. The summed E-state index contributed by atoms with van der Waals surface area (Å²) >= 11 is 0. The Labute approximate surface area is 89.7 Å². The van der Waals surface area contributed by atoms with Crippen molar-refractivity contribution >= 4 is 0 Å². The molecule has 0 aromatic carbocycles. The third-order valence-corrected chi connectivity index (χ3v) is 3.76. The van der Waals surface area contributed by atoms with Gasteiger partial charge in [0.25, 0.3) is 0 Å². The predicted molar refractivity (Wildman–Crippen MR) is 63.4 cm³/mol. The Morgan fingerprint density at radius 3 is 2.57 bits per heavy atom. The van der Waals surface area contributed by atoms with Gasteiger partial charge in [0.05, 0.1) is 0 Å². The van der Waals surface area contributed by atoms with E-state index in [0.717, 1.165) is 23.8 Å². The molecular weight excluding hydrogens is 170 g/mol. The molecule has 0 radical (unpaired) electrons. The smallest absolute Gasteiger partial charge is 0.0123 e. The first-order chi connectivity index (χ1) is 6.66. The summed E-state index contributed by atoms with van der Waals surface area (Å²) in [5.41, 5.74) is 0. The summed E-state index contributed by atoms with van der Waals surface area (Å²) in [6, 6.07) is 0.781.